The summed E-state index contributed by atoms with van der Waals surface area (Å²) in [4.78, 5) is 2.84. The normalized spacial score (nSPS) is 14.4. The molecule has 0 amide bonds. The lowest BCUT2D eigenvalue weighted by Crippen LogP contribution is -2.37. The molecule has 1 unspecified atom stereocenters. The Morgan fingerprint density at radius 1 is 1.29 bits per heavy atom. The highest BCUT2D eigenvalue weighted by Crippen LogP contribution is 2.27. The highest BCUT2D eigenvalue weighted by molar-refractivity contribution is 7.12. The van der Waals surface area contributed by atoms with Crippen molar-refractivity contribution in [3.63, 3.8) is 0 Å². The molecule has 0 aromatic carbocycles. The van der Waals surface area contributed by atoms with Crippen LogP contribution < -0.4 is 5.32 Å². The van der Waals surface area contributed by atoms with E-state index in [0.29, 0.717) is 6.04 Å². The van der Waals surface area contributed by atoms with E-state index in [2.05, 4.69) is 52.9 Å². The third-order valence-electron chi connectivity index (χ3n) is 2.20. The first-order valence-electron chi connectivity index (χ1n) is 5.14. The van der Waals surface area contributed by atoms with Crippen LogP contribution in [0.25, 0.3) is 0 Å². The number of hydrogen-bond acceptors (Lipinski definition) is 2. The second-order valence-corrected chi connectivity index (χ2v) is 6.45. The molecule has 0 aliphatic heterocycles. The van der Waals surface area contributed by atoms with E-state index in [0.717, 1.165) is 0 Å². The summed E-state index contributed by atoms with van der Waals surface area (Å²) in [5, 5.41) is 3.60. The molecule has 1 heterocycles. The first kappa shape index (κ1) is 11.7. The minimum atomic E-state index is 0.182. The number of hydrogen-bond donors (Lipinski definition) is 1. The Balaban J connectivity index is 2.79. The minimum absolute atomic E-state index is 0.182. The molecule has 0 fully saturated rings. The van der Waals surface area contributed by atoms with Gasteiger partial charge in [0.2, 0.25) is 0 Å². The zero-order chi connectivity index (χ0) is 10.9. The molecule has 0 bridgehead atoms. The summed E-state index contributed by atoms with van der Waals surface area (Å²) in [5.74, 6) is 0. The van der Waals surface area contributed by atoms with Crippen LogP contribution in [0.5, 0.6) is 0 Å². The molecule has 2 heteroatoms. The van der Waals surface area contributed by atoms with Crippen LogP contribution in [0.15, 0.2) is 6.07 Å². The quantitative estimate of drug-likeness (QED) is 0.784. The molecular weight excluding hydrogens is 190 g/mol. The fourth-order valence-corrected chi connectivity index (χ4v) is 2.83. The second-order valence-electron chi connectivity index (χ2n) is 4.98. The molecule has 1 rings (SSSR count). The number of nitrogens with one attached hydrogen (secondary N) is 1. The molecule has 0 saturated heterocycles. The molecule has 0 saturated carbocycles. The van der Waals surface area contributed by atoms with Gasteiger partial charge in [0, 0.05) is 21.3 Å². The average molecular weight is 211 g/mol. The van der Waals surface area contributed by atoms with Gasteiger partial charge in [-0.1, -0.05) is 0 Å². The summed E-state index contributed by atoms with van der Waals surface area (Å²) in [6.45, 7) is 13.2. The Morgan fingerprint density at radius 2 is 1.86 bits per heavy atom. The van der Waals surface area contributed by atoms with Gasteiger partial charge in [0.1, 0.15) is 0 Å². The number of aryl methyl sites for hydroxylation is 2. The standard InChI is InChI=1S/C12H21NS/c1-8-7-11(10(3)14-8)9(2)13-12(4,5)6/h7,9,13H,1-6H3. The van der Waals surface area contributed by atoms with E-state index in [1.165, 1.54) is 15.3 Å². The average Bonchev–Trinajstić information content (AvgIpc) is 2.26. The zero-order valence-electron chi connectivity index (χ0n) is 10.1. The van der Waals surface area contributed by atoms with Crippen LogP contribution in [-0.4, -0.2) is 5.54 Å². The van der Waals surface area contributed by atoms with Crippen LogP contribution in [0, 0.1) is 13.8 Å². The SMILES string of the molecule is Cc1cc(C(C)NC(C)(C)C)c(C)s1. The lowest BCUT2D eigenvalue weighted by molar-refractivity contribution is 0.378. The van der Waals surface area contributed by atoms with E-state index in [4.69, 9.17) is 0 Å². The van der Waals surface area contributed by atoms with Gasteiger partial charge in [-0.15, -0.1) is 11.3 Å². The Kier molecular flexibility index (Phi) is 3.38. The van der Waals surface area contributed by atoms with Gasteiger partial charge in [-0.05, 0) is 53.2 Å². The van der Waals surface area contributed by atoms with Crippen molar-refractivity contribution in [3.8, 4) is 0 Å². The smallest absolute Gasteiger partial charge is 0.0307 e. The van der Waals surface area contributed by atoms with Crippen LogP contribution in [0.4, 0.5) is 0 Å². The van der Waals surface area contributed by atoms with Crippen LogP contribution in [0.1, 0.15) is 49.1 Å². The molecule has 1 aromatic heterocycles. The number of thiophene rings is 1. The molecule has 1 aromatic rings. The predicted molar refractivity (Wildman–Crippen MR) is 65.1 cm³/mol. The molecule has 0 radical (unpaired) electrons. The third-order valence-corrected chi connectivity index (χ3v) is 3.18. The van der Waals surface area contributed by atoms with E-state index in [9.17, 15) is 0 Å². The maximum atomic E-state index is 3.60. The molecule has 0 aliphatic rings. The molecular formula is C12H21NS. The molecule has 80 valence electrons. The highest BCUT2D eigenvalue weighted by atomic mass is 32.1. The Morgan fingerprint density at radius 3 is 2.21 bits per heavy atom. The van der Waals surface area contributed by atoms with Gasteiger partial charge in [-0.3, -0.25) is 0 Å². The summed E-state index contributed by atoms with van der Waals surface area (Å²) < 4.78 is 0. The lowest BCUT2D eigenvalue weighted by atomic mass is 10.0. The van der Waals surface area contributed by atoms with Crippen molar-refractivity contribution in [2.24, 2.45) is 0 Å². The van der Waals surface area contributed by atoms with Crippen molar-refractivity contribution in [3.05, 3.63) is 21.4 Å². The van der Waals surface area contributed by atoms with E-state index < -0.39 is 0 Å². The maximum Gasteiger partial charge on any atom is 0.0307 e. The maximum absolute atomic E-state index is 3.60. The topological polar surface area (TPSA) is 12.0 Å². The summed E-state index contributed by atoms with van der Waals surface area (Å²) in [6.07, 6.45) is 0. The van der Waals surface area contributed by atoms with E-state index in [1.807, 2.05) is 11.3 Å². The molecule has 0 spiro atoms. The summed E-state index contributed by atoms with van der Waals surface area (Å²) in [6, 6.07) is 2.74. The monoisotopic (exact) mass is 211 g/mol. The van der Waals surface area contributed by atoms with E-state index in [1.54, 1.807) is 0 Å². The largest absolute Gasteiger partial charge is 0.305 e. The summed E-state index contributed by atoms with van der Waals surface area (Å²) >= 11 is 1.88. The van der Waals surface area contributed by atoms with E-state index in [-0.39, 0.29) is 5.54 Å². The van der Waals surface area contributed by atoms with Crippen LogP contribution in [0.2, 0.25) is 0 Å². The van der Waals surface area contributed by atoms with Crippen LogP contribution >= 0.6 is 11.3 Å². The van der Waals surface area contributed by atoms with Crippen molar-refractivity contribution in [2.45, 2.75) is 53.1 Å². The molecule has 0 aliphatic carbocycles. The van der Waals surface area contributed by atoms with Crippen LogP contribution in [-0.2, 0) is 0 Å². The Labute approximate surface area is 91.5 Å². The highest BCUT2D eigenvalue weighted by Gasteiger charge is 2.17. The first-order valence-corrected chi connectivity index (χ1v) is 5.96. The molecule has 14 heavy (non-hydrogen) atoms. The van der Waals surface area contributed by atoms with Crippen molar-refractivity contribution in [2.75, 3.05) is 0 Å². The van der Waals surface area contributed by atoms with Gasteiger partial charge in [-0.2, -0.15) is 0 Å². The van der Waals surface area contributed by atoms with E-state index >= 15 is 0 Å². The Hall–Kier alpha value is -0.340. The van der Waals surface area contributed by atoms with Crippen LogP contribution in [0.3, 0.4) is 0 Å². The molecule has 1 N–H and O–H groups in total. The fourth-order valence-electron chi connectivity index (χ4n) is 1.81. The predicted octanol–water partition coefficient (Wildman–Crippen LogP) is 3.81. The second kappa shape index (κ2) is 4.03. The van der Waals surface area contributed by atoms with Gasteiger partial charge in [0.15, 0.2) is 0 Å². The van der Waals surface area contributed by atoms with Gasteiger partial charge in [0.05, 0.1) is 0 Å². The number of rotatable bonds is 2. The van der Waals surface area contributed by atoms with Crippen molar-refractivity contribution >= 4 is 11.3 Å². The fraction of sp³-hybridized carbons (Fsp3) is 0.667. The van der Waals surface area contributed by atoms with Gasteiger partial charge in [-0.25, -0.2) is 0 Å². The molecule has 1 atom stereocenters. The third kappa shape index (κ3) is 3.10. The summed E-state index contributed by atoms with van der Waals surface area (Å²) in [7, 11) is 0. The first-order chi connectivity index (χ1) is 6.29. The zero-order valence-corrected chi connectivity index (χ0v) is 10.9. The van der Waals surface area contributed by atoms with Gasteiger partial charge < -0.3 is 5.32 Å². The molecule has 1 nitrogen and oxygen atoms in total. The van der Waals surface area contributed by atoms with Crippen molar-refractivity contribution in [1.82, 2.24) is 5.32 Å². The van der Waals surface area contributed by atoms with Crippen molar-refractivity contribution in [1.29, 1.82) is 0 Å². The minimum Gasteiger partial charge on any atom is -0.305 e. The Bertz CT molecular complexity index is 307. The van der Waals surface area contributed by atoms with Gasteiger partial charge >= 0.3 is 0 Å². The van der Waals surface area contributed by atoms with Crippen molar-refractivity contribution < 1.29 is 0 Å². The lowest BCUT2D eigenvalue weighted by Gasteiger charge is -2.26. The summed E-state index contributed by atoms with van der Waals surface area (Å²) in [5.41, 5.74) is 1.63. The van der Waals surface area contributed by atoms with Gasteiger partial charge in [0.25, 0.3) is 0 Å².